The number of nitrogens with one attached hydrogen (secondary N) is 2. The topological polar surface area (TPSA) is 61.0 Å². The van der Waals surface area contributed by atoms with E-state index in [1.807, 2.05) is 32.0 Å². The van der Waals surface area contributed by atoms with Gasteiger partial charge in [0.1, 0.15) is 0 Å². The molecule has 5 nitrogen and oxygen atoms in total. The Morgan fingerprint density at radius 2 is 2.29 bits per heavy atom. The Labute approximate surface area is 99.8 Å². The Morgan fingerprint density at radius 1 is 1.53 bits per heavy atom. The summed E-state index contributed by atoms with van der Waals surface area (Å²) in [5, 5.41) is 2.72. The zero-order valence-electron chi connectivity index (χ0n) is 10.2. The van der Waals surface area contributed by atoms with Gasteiger partial charge in [0.05, 0.1) is 11.0 Å². The summed E-state index contributed by atoms with van der Waals surface area (Å²) < 4.78 is 0. The van der Waals surface area contributed by atoms with E-state index in [-0.39, 0.29) is 6.03 Å². The lowest BCUT2D eigenvalue weighted by Gasteiger charge is -2.13. The van der Waals surface area contributed by atoms with Crippen LogP contribution in [0.2, 0.25) is 0 Å². The molecule has 0 aliphatic heterocycles. The predicted molar refractivity (Wildman–Crippen MR) is 68.2 cm³/mol. The largest absolute Gasteiger partial charge is 0.328 e. The molecule has 90 valence electrons. The van der Waals surface area contributed by atoms with Crippen molar-refractivity contribution in [3.05, 3.63) is 23.8 Å². The molecule has 1 heterocycles. The number of anilines is 1. The van der Waals surface area contributed by atoms with Gasteiger partial charge < -0.3 is 9.88 Å². The van der Waals surface area contributed by atoms with Crippen molar-refractivity contribution < 1.29 is 4.79 Å². The van der Waals surface area contributed by atoms with Crippen molar-refractivity contribution >= 4 is 23.0 Å². The molecule has 0 saturated carbocycles. The van der Waals surface area contributed by atoms with Crippen LogP contribution in [-0.4, -0.2) is 34.5 Å². The van der Waals surface area contributed by atoms with Gasteiger partial charge in [-0.15, -0.1) is 0 Å². The molecule has 2 aromatic rings. The Hall–Kier alpha value is -2.04. The second-order valence-electron chi connectivity index (χ2n) is 4.05. The fourth-order valence-corrected chi connectivity index (χ4v) is 1.52. The number of aromatic nitrogens is 2. The van der Waals surface area contributed by atoms with E-state index in [1.165, 1.54) is 0 Å². The maximum absolute atomic E-state index is 11.6. The second-order valence-corrected chi connectivity index (χ2v) is 4.05. The van der Waals surface area contributed by atoms with Crippen molar-refractivity contribution in [2.75, 3.05) is 18.9 Å². The van der Waals surface area contributed by atoms with Gasteiger partial charge >= 0.3 is 6.03 Å². The van der Waals surface area contributed by atoms with Gasteiger partial charge in [0.15, 0.2) is 0 Å². The summed E-state index contributed by atoms with van der Waals surface area (Å²) in [6, 6.07) is 5.76. The average Bonchev–Trinajstić information content (AvgIpc) is 2.69. The minimum absolute atomic E-state index is 0.164. The summed E-state index contributed by atoms with van der Waals surface area (Å²) in [7, 11) is 1.74. The number of aryl methyl sites for hydroxylation is 1. The number of benzene rings is 1. The van der Waals surface area contributed by atoms with Gasteiger partial charge in [-0.1, -0.05) is 6.07 Å². The molecule has 0 spiro atoms. The van der Waals surface area contributed by atoms with E-state index in [0.717, 1.165) is 16.6 Å². The van der Waals surface area contributed by atoms with E-state index >= 15 is 0 Å². The SMILES string of the molecule is CCN(C)C(=O)Nc1nc2ccc(C)cc2[nH]1. The molecule has 0 aliphatic carbocycles. The number of imidazole rings is 1. The van der Waals surface area contributed by atoms with Gasteiger partial charge in [0.25, 0.3) is 0 Å². The molecule has 2 rings (SSSR count). The Bertz CT molecular complexity index is 546. The molecule has 5 heteroatoms. The highest BCUT2D eigenvalue weighted by Gasteiger charge is 2.09. The molecule has 0 saturated heterocycles. The monoisotopic (exact) mass is 232 g/mol. The van der Waals surface area contributed by atoms with Gasteiger partial charge in [-0.2, -0.15) is 0 Å². The van der Waals surface area contributed by atoms with Crippen molar-refractivity contribution in [3.63, 3.8) is 0 Å². The van der Waals surface area contributed by atoms with Crippen LogP contribution in [0.1, 0.15) is 12.5 Å². The van der Waals surface area contributed by atoms with Crippen LogP contribution in [0.25, 0.3) is 11.0 Å². The fourth-order valence-electron chi connectivity index (χ4n) is 1.52. The maximum atomic E-state index is 11.6. The molecule has 0 aliphatic rings. The number of fused-ring (bicyclic) bond motifs is 1. The number of rotatable bonds is 2. The lowest BCUT2D eigenvalue weighted by Crippen LogP contribution is -2.31. The molecule has 0 fully saturated rings. The third kappa shape index (κ3) is 2.38. The molecule has 0 bridgehead atoms. The number of urea groups is 1. The van der Waals surface area contributed by atoms with Crippen LogP contribution in [-0.2, 0) is 0 Å². The Morgan fingerprint density at radius 3 is 3.00 bits per heavy atom. The second kappa shape index (κ2) is 4.45. The van der Waals surface area contributed by atoms with Crippen LogP contribution in [0.3, 0.4) is 0 Å². The number of carbonyl (C=O) groups excluding carboxylic acids is 1. The highest BCUT2D eigenvalue weighted by atomic mass is 16.2. The van der Waals surface area contributed by atoms with Gasteiger partial charge in [-0.25, -0.2) is 9.78 Å². The number of nitrogens with zero attached hydrogens (tertiary/aromatic N) is 2. The number of H-pyrrole nitrogens is 1. The molecular weight excluding hydrogens is 216 g/mol. The smallest absolute Gasteiger partial charge is 0.323 e. The number of hydrogen-bond acceptors (Lipinski definition) is 2. The first-order chi connectivity index (χ1) is 8.10. The van der Waals surface area contributed by atoms with E-state index < -0.39 is 0 Å². The van der Waals surface area contributed by atoms with E-state index in [0.29, 0.717) is 12.5 Å². The molecule has 2 amide bonds. The third-order valence-corrected chi connectivity index (χ3v) is 2.68. The zero-order valence-corrected chi connectivity index (χ0v) is 10.2. The third-order valence-electron chi connectivity index (χ3n) is 2.68. The highest BCUT2D eigenvalue weighted by Crippen LogP contribution is 2.15. The van der Waals surface area contributed by atoms with Crippen molar-refractivity contribution in [3.8, 4) is 0 Å². The summed E-state index contributed by atoms with van der Waals surface area (Å²) in [6.07, 6.45) is 0. The van der Waals surface area contributed by atoms with Crippen LogP contribution in [0.15, 0.2) is 18.2 Å². The molecule has 0 atom stereocenters. The van der Waals surface area contributed by atoms with Gasteiger partial charge in [0, 0.05) is 13.6 Å². The molecule has 0 unspecified atom stereocenters. The molecule has 17 heavy (non-hydrogen) atoms. The molecule has 1 aromatic heterocycles. The Balaban J connectivity index is 2.22. The average molecular weight is 232 g/mol. The standard InChI is InChI=1S/C12H16N4O/c1-4-16(3)12(17)15-11-13-9-6-5-8(2)7-10(9)14-11/h5-7H,4H2,1-3H3,(H2,13,14,15,17). The highest BCUT2D eigenvalue weighted by molar-refractivity contribution is 5.89. The number of aromatic amines is 1. The zero-order chi connectivity index (χ0) is 12.4. The van der Waals surface area contributed by atoms with E-state index in [4.69, 9.17) is 0 Å². The Kier molecular flexibility index (Phi) is 2.99. The minimum atomic E-state index is -0.164. The quantitative estimate of drug-likeness (QED) is 0.835. The number of carbonyl (C=O) groups is 1. The van der Waals surface area contributed by atoms with Gasteiger partial charge in [-0.3, -0.25) is 5.32 Å². The lowest BCUT2D eigenvalue weighted by molar-refractivity contribution is 0.224. The van der Waals surface area contributed by atoms with Gasteiger partial charge in [0.2, 0.25) is 5.95 Å². The molecular formula is C12H16N4O. The summed E-state index contributed by atoms with van der Waals surface area (Å²) in [5.41, 5.74) is 2.94. The van der Waals surface area contributed by atoms with Crippen LogP contribution < -0.4 is 5.32 Å². The summed E-state index contributed by atoms with van der Waals surface area (Å²) in [5.74, 6) is 0.482. The predicted octanol–water partition coefficient (Wildman–Crippen LogP) is 2.35. The van der Waals surface area contributed by atoms with Crippen molar-refractivity contribution in [1.29, 1.82) is 0 Å². The summed E-state index contributed by atoms with van der Waals surface area (Å²) in [4.78, 5) is 20.6. The summed E-state index contributed by atoms with van der Waals surface area (Å²) >= 11 is 0. The molecule has 0 radical (unpaired) electrons. The number of hydrogen-bond donors (Lipinski definition) is 2. The van der Waals surface area contributed by atoms with E-state index in [9.17, 15) is 4.79 Å². The summed E-state index contributed by atoms with van der Waals surface area (Å²) in [6.45, 7) is 4.59. The first kappa shape index (κ1) is 11.4. The van der Waals surface area contributed by atoms with E-state index in [1.54, 1.807) is 11.9 Å². The normalized spacial score (nSPS) is 10.5. The van der Waals surface area contributed by atoms with Crippen LogP contribution in [0.5, 0.6) is 0 Å². The number of amides is 2. The van der Waals surface area contributed by atoms with Crippen LogP contribution in [0, 0.1) is 6.92 Å². The van der Waals surface area contributed by atoms with Crippen molar-refractivity contribution in [1.82, 2.24) is 14.9 Å². The first-order valence-electron chi connectivity index (χ1n) is 5.58. The molecule has 1 aromatic carbocycles. The van der Waals surface area contributed by atoms with Crippen LogP contribution >= 0.6 is 0 Å². The first-order valence-corrected chi connectivity index (χ1v) is 5.58. The van der Waals surface area contributed by atoms with E-state index in [2.05, 4.69) is 15.3 Å². The minimum Gasteiger partial charge on any atom is -0.328 e. The van der Waals surface area contributed by atoms with Gasteiger partial charge in [-0.05, 0) is 31.5 Å². The van der Waals surface area contributed by atoms with Crippen molar-refractivity contribution in [2.45, 2.75) is 13.8 Å². The lowest BCUT2D eigenvalue weighted by atomic mass is 10.2. The fraction of sp³-hybridized carbons (Fsp3) is 0.333. The molecule has 2 N–H and O–H groups in total. The van der Waals surface area contributed by atoms with Crippen LogP contribution in [0.4, 0.5) is 10.7 Å². The maximum Gasteiger partial charge on any atom is 0.323 e. The van der Waals surface area contributed by atoms with Crippen molar-refractivity contribution in [2.24, 2.45) is 0 Å².